The first kappa shape index (κ1) is 21.8. The summed E-state index contributed by atoms with van der Waals surface area (Å²) in [6.07, 6.45) is 4.03. The Labute approximate surface area is 187 Å². The molecule has 0 saturated carbocycles. The van der Waals surface area contributed by atoms with Gasteiger partial charge < -0.3 is 10.1 Å². The number of anilines is 1. The SMILES string of the molecule is CSc1nc(NCCC(C)C)c2sc3nc(C(C)C)c4c(c3c2n1)CC(C)(C)OC4. The van der Waals surface area contributed by atoms with Crippen LogP contribution in [0.4, 0.5) is 5.82 Å². The highest BCUT2D eigenvalue weighted by Crippen LogP contribution is 2.43. The topological polar surface area (TPSA) is 59.9 Å². The average molecular weight is 445 g/mol. The van der Waals surface area contributed by atoms with E-state index in [2.05, 4.69) is 46.9 Å². The van der Waals surface area contributed by atoms with Gasteiger partial charge in [0, 0.05) is 23.9 Å². The third-order valence-corrected chi connectivity index (χ3v) is 7.27. The molecule has 0 spiro atoms. The van der Waals surface area contributed by atoms with Crippen LogP contribution in [0, 0.1) is 5.92 Å². The smallest absolute Gasteiger partial charge is 0.189 e. The van der Waals surface area contributed by atoms with Gasteiger partial charge in [0.15, 0.2) is 5.16 Å². The van der Waals surface area contributed by atoms with Gasteiger partial charge in [-0.15, -0.1) is 11.3 Å². The van der Waals surface area contributed by atoms with Crippen LogP contribution in [-0.2, 0) is 17.8 Å². The lowest BCUT2D eigenvalue weighted by molar-refractivity contribution is -0.0402. The molecule has 0 fully saturated rings. The van der Waals surface area contributed by atoms with E-state index in [4.69, 9.17) is 19.7 Å². The quantitative estimate of drug-likeness (QED) is 0.351. The first-order valence-corrected chi connectivity index (χ1v) is 12.8. The molecule has 0 bridgehead atoms. The van der Waals surface area contributed by atoms with Crippen LogP contribution >= 0.6 is 23.1 Å². The molecular weight excluding hydrogens is 412 g/mol. The first-order chi connectivity index (χ1) is 14.2. The van der Waals surface area contributed by atoms with Crippen molar-refractivity contribution < 1.29 is 4.74 Å². The number of fused-ring (bicyclic) bond motifs is 5. The van der Waals surface area contributed by atoms with Crippen LogP contribution in [-0.4, -0.2) is 33.4 Å². The minimum Gasteiger partial charge on any atom is -0.370 e. The number of ether oxygens (including phenoxy) is 1. The summed E-state index contributed by atoms with van der Waals surface area (Å²) >= 11 is 3.31. The summed E-state index contributed by atoms with van der Waals surface area (Å²) in [6, 6.07) is 0. The summed E-state index contributed by atoms with van der Waals surface area (Å²) in [5.41, 5.74) is 4.64. The van der Waals surface area contributed by atoms with Crippen molar-refractivity contribution in [3.05, 3.63) is 16.8 Å². The number of nitrogens with one attached hydrogen (secondary N) is 1. The van der Waals surface area contributed by atoms with Gasteiger partial charge in [0.1, 0.15) is 10.6 Å². The standard InChI is InChI=1S/C23H32N4OS2/c1-12(2)8-9-24-20-19-18(26-22(27-20)29-7)16-14-10-23(5,6)28-11-15(14)17(13(3)4)25-21(16)30-19/h12-13H,8-11H2,1-7H3,(H,24,26,27). The third-order valence-electron chi connectivity index (χ3n) is 5.65. The molecular formula is C23H32N4OS2. The molecule has 30 heavy (non-hydrogen) atoms. The largest absolute Gasteiger partial charge is 0.370 e. The first-order valence-electron chi connectivity index (χ1n) is 10.8. The average Bonchev–Trinajstić information content (AvgIpc) is 3.04. The second-order valence-electron chi connectivity index (χ2n) is 9.46. The van der Waals surface area contributed by atoms with Crippen molar-refractivity contribution >= 4 is 49.3 Å². The lowest BCUT2D eigenvalue weighted by atomic mass is 9.87. The molecule has 162 valence electrons. The molecule has 5 nitrogen and oxygen atoms in total. The van der Waals surface area contributed by atoms with E-state index < -0.39 is 0 Å². The number of thiophene rings is 1. The van der Waals surface area contributed by atoms with E-state index in [-0.39, 0.29) is 5.60 Å². The number of aromatic nitrogens is 3. The minimum absolute atomic E-state index is 0.183. The highest BCUT2D eigenvalue weighted by atomic mass is 32.2. The highest BCUT2D eigenvalue weighted by Gasteiger charge is 2.32. The van der Waals surface area contributed by atoms with E-state index in [1.807, 2.05) is 6.26 Å². The summed E-state index contributed by atoms with van der Waals surface area (Å²) in [5.74, 6) is 1.95. The lowest BCUT2D eigenvalue weighted by Gasteiger charge is -2.33. The Hall–Kier alpha value is -1.44. The van der Waals surface area contributed by atoms with Gasteiger partial charge in [0.2, 0.25) is 0 Å². The van der Waals surface area contributed by atoms with Crippen LogP contribution in [0.5, 0.6) is 0 Å². The molecule has 3 aromatic heterocycles. The van der Waals surface area contributed by atoms with Crippen LogP contribution in [0.25, 0.3) is 20.4 Å². The maximum atomic E-state index is 6.18. The second-order valence-corrected chi connectivity index (χ2v) is 11.2. The number of thioether (sulfide) groups is 1. The summed E-state index contributed by atoms with van der Waals surface area (Å²) in [6.45, 7) is 14.8. The molecule has 0 amide bonds. The Morgan fingerprint density at radius 3 is 2.57 bits per heavy atom. The predicted molar refractivity (Wildman–Crippen MR) is 129 cm³/mol. The Morgan fingerprint density at radius 1 is 1.13 bits per heavy atom. The molecule has 1 aliphatic heterocycles. The second kappa shape index (κ2) is 8.24. The molecule has 4 heterocycles. The molecule has 1 aliphatic rings. The van der Waals surface area contributed by atoms with E-state index in [0.29, 0.717) is 18.4 Å². The van der Waals surface area contributed by atoms with Crippen molar-refractivity contribution in [3.63, 3.8) is 0 Å². The van der Waals surface area contributed by atoms with Gasteiger partial charge in [0.25, 0.3) is 0 Å². The van der Waals surface area contributed by atoms with Crippen molar-refractivity contribution in [1.29, 1.82) is 0 Å². The van der Waals surface area contributed by atoms with Crippen molar-refractivity contribution in [1.82, 2.24) is 15.0 Å². The number of hydrogen-bond acceptors (Lipinski definition) is 7. The van der Waals surface area contributed by atoms with Gasteiger partial charge in [-0.1, -0.05) is 39.5 Å². The molecule has 0 aliphatic carbocycles. The van der Waals surface area contributed by atoms with Gasteiger partial charge in [-0.25, -0.2) is 15.0 Å². The minimum atomic E-state index is -0.183. The van der Waals surface area contributed by atoms with Crippen molar-refractivity contribution in [2.24, 2.45) is 5.92 Å². The normalized spacial score (nSPS) is 16.0. The summed E-state index contributed by atoms with van der Waals surface area (Å²) in [4.78, 5) is 16.0. The van der Waals surface area contributed by atoms with Crippen molar-refractivity contribution in [3.8, 4) is 0 Å². The zero-order valence-corrected chi connectivity index (χ0v) is 20.7. The Kier molecular flexibility index (Phi) is 5.99. The molecule has 7 heteroatoms. The lowest BCUT2D eigenvalue weighted by Crippen LogP contribution is -2.32. The molecule has 0 aromatic carbocycles. The molecule has 0 saturated heterocycles. The van der Waals surface area contributed by atoms with E-state index in [0.717, 1.165) is 51.1 Å². The fourth-order valence-corrected chi connectivity index (χ4v) is 5.53. The fourth-order valence-electron chi connectivity index (χ4n) is 4.05. The third kappa shape index (κ3) is 4.04. The maximum Gasteiger partial charge on any atom is 0.189 e. The van der Waals surface area contributed by atoms with Gasteiger partial charge in [-0.3, -0.25) is 0 Å². The van der Waals surface area contributed by atoms with Crippen molar-refractivity contribution in [2.75, 3.05) is 18.1 Å². The maximum absolute atomic E-state index is 6.18. The molecule has 0 unspecified atom stereocenters. The van der Waals surface area contributed by atoms with Gasteiger partial charge in [0.05, 0.1) is 28.1 Å². The Bertz CT molecular complexity index is 1090. The van der Waals surface area contributed by atoms with Crippen LogP contribution in [0.3, 0.4) is 0 Å². The Morgan fingerprint density at radius 2 is 1.90 bits per heavy atom. The number of rotatable bonds is 6. The number of pyridine rings is 1. The molecule has 3 aromatic rings. The van der Waals surface area contributed by atoms with Crippen LogP contribution in [0.2, 0.25) is 0 Å². The summed E-state index contributed by atoms with van der Waals surface area (Å²) in [5, 5.41) is 5.59. The monoisotopic (exact) mass is 444 g/mol. The Balaban J connectivity index is 1.97. The fraction of sp³-hybridized carbons (Fsp3) is 0.609. The van der Waals surface area contributed by atoms with E-state index >= 15 is 0 Å². The number of hydrogen-bond donors (Lipinski definition) is 1. The zero-order chi connectivity index (χ0) is 21.6. The molecule has 0 atom stereocenters. The van der Waals surface area contributed by atoms with E-state index in [1.165, 1.54) is 16.5 Å². The van der Waals surface area contributed by atoms with Gasteiger partial charge >= 0.3 is 0 Å². The zero-order valence-electron chi connectivity index (χ0n) is 19.0. The van der Waals surface area contributed by atoms with Gasteiger partial charge in [-0.2, -0.15) is 0 Å². The molecule has 1 N–H and O–H groups in total. The van der Waals surface area contributed by atoms with Crippen LogP contribution in [0.1, 0.15) is 70.7 Å². The molecule has 0 radical (unpaired) electrons. The van der Waals surface area contributed by atoms with Crippen molar-refractivity contribution in [2.45, 2.75) is 77.7 Å². The van der Waals surface area contributed by atoms with Gasteiger partial charge in [-0.05, 0) is 43.9 Å². The van der Waals surface area contributed by atoms with Crippen LogP contribution in [0.15, 0.2) is 5.16 Å². The summed E-state index contributed by atoms with van der Waals surface area (Å²) in [7, 11) is 0. The molecule has 4 rings (SSSR count). The summed E-state index contributed by atoms with van der Waals surface area (Å²) < 4.78 is 7.30. The predicted octanol–water partition coefficient (Wildman–Crippen LogP) is 6.39. The van der Waals surface area contributed by atoms with Crippen LogP contribution < -0.4 is 5.32 Å². The highest BCUT2D eigenvalue weighted by molar-refractivity contribution is 7.98. The van der Waals surface area contributed by atoms with E-state index in [9.17, 15) is 0 Å². The van der Waals surface area contributed by atoms with E-state index in [1.54, 1.807) is 23.1 Å². The number of nitrogens with zero attached hydrogens (tertiary/aromatic N) is 3.